The van der Waals surface area contributed by atoms with Gasteiger partial charge >= 0.3 is 5.69 Å². The molecule has 126 valence electrons. The molecular weight excluding hydrogens is 294 g/mol. The molecule has 23 heavy (non-hydrogen) atoms. The average molecular weight is 319 g/mol. The van der Waals surface area contributed by atoms with Gasteiger partial charge in [-0.15, -0.1) is 0 Å². The highest BCUT2D eigenvalue weighted by Gasteiger charge is 2.12. The molecule has 1 heterocycles. The highest BCUT2D eigenvalue weighted by atomic mass is 16.2. The molecule has 1 N–H and O–H groups in total. The van der Waals surface area contributed by atoms with Crippen molar-refractivity contribution in [2.75, 3.05) is 0 Å². The van der Waals surface area contributed by atoms with Gasteiger partial charge in [0, 0.05) is 32.4 Å². The zero-order chi connectivity index (χ0) is 16.8. The molecule has 0 aliphatic heterocycles. The number of hydrogen-bond donors (Lipinski definition) is 1. The summed E-state index contributed by atoms with van der Waals surface area (Å²) in [4.78, 5) is 35.7. The molecule has 0 atom stereocenters. The summed E-state index contributed by atoms with van der Waals surface area (Å²) in [6.07, 6.45) is 12.4. The Morgan fingerprint density at radius 1 is 1.13 bits per heavy atom. The minimum atomic E-state index is -0.400. The predicted octanol–water partition coefficient (Wildman–Crippen LogP) is 1.33. The second kappa shape index (κ2) is 7.94. The van der Waals surface area contributed by atoms with Gasteiger partial charge in [0.25, 0.3) is 5.56 Å². The van der Waals surface area contributed by atoms with Crippen LogP contribution < -0.4 is 16.6 Å². The number of aryl methyl sites for hydroxylation is 1. The van der Waals surface area contributed by atoms with Crippen molar-refractivity contribution in [1.29, 1.82) is 0 Å². The van der Waals surface area contributed by atoms with E-state index in [-0.39, 0.29) is 17.6 Å². The van der Waals surface area contributed by atoms with Crippen LogP contribution >= 0.6 is 0 Å². The fraction of sp³-hybridized carbons (Fsp3) is 0.588. The van der Waals surface area contributed by atoms with Crippen molar-refractivity contribution in [1.82, 2.24) is 14.5 Å². The van der Waals surface area contributed by atoms with Gasteiger partial charge in [-0.25, -0.2) is 4.79 Å². The molecule has 1 fully saturated rings. The first-order valence-corrected chi connectivity index (χ1v) is 8.24. The Bertz CT molecular complexity index is 692. The maximum Gasteiger partial charge on any atom is 0.330 e. The highest BCUT2D eigenvalue weighted by molar-refractivity contribution is 5.91. The molecule has 1 amide bonds. The lowest BCUT2D eigenvalue weighted by Gasteiger charge is -2.20. The minimum Gasteiger partial charge on any atom is -0.350 e. The lowest BCUT2D eigenvalue weighted by Crippen LogP contribution is -2.37. The van der Waals surface area contributed by atoms with Crippen LogP contribution in [-0.2, 0) is 18.9 Å². The van der Waals surface area contributed by atoms with Crippen LogP contribution in [0, 0.1) is 0 Å². The van der Waals surface area contributed by atoms with Crippen LogP contribution in [0.15, 0.2) is 21.9 Å². The van der Waals surface area contributed by atoms with E-state index in [0.29, 0.717) is 5.56 Å². The SMILES string of the molecule is Cn1cc(/C=C/C(=O)NC2CCCCCCC2)c(=O)n(C)c1=O. The third kappa shape index (κ3) is 4.68. The van der Waals surface area contributed by atoms with Gasteiger partial charge in [-0.05, 0) is 18.9 Å². The summed E-state index contributed by atoms with van der Waals surface area (Å²) < 4.78 is 2.36. The summed E-state index contributed by atoms with van der Waals surface area (Å²) in [5.41, 5.74) is -0.461. The second-order valence-electron chi connectivity index (χ2n) is 6.23. The molecule has 0 bridgehead atoms. The van der Waals surface area contributed by atoms with E-state index in [9.17, 15) is 14.4 Å². The van der Waals surface area contributed by atoms with Crippen LogP contribution in [0.3, 0.4) is 0 Å². The average Bonchev–Trinajstić information content (AvgIpc) is 2.50. The third-order valence-electron chi connectivity index (χ3n) is 4.34. The van der Waals surface area contributed by atoms with Crippen LogP contribution in [0.5, 0.6) is 0 Å². The summed E-state index contributed by atoms with van der Waals surface area (Å²) in [5.74, 6) is -0.188. The quantitative estimate of drug-likeness (QED) is 0.854. The van der Waals surface area contributed by atoms with Crippen LogP contribution in [0.4, 0.5) is 0 Å². The van der Waals surface area contributed by atoms with E-state index in [1.54, 1.807) is 7.05 Å². The van der Waals surface area contributed by atoms with Crippen molar-refractivity contribution < 1.29 is 4.79 Å². The van der Waals surface area contributed by atoms with Crippen molar-refractivity contribution in [3.05, 3.63) is 38.7 Å². The zero-order valence-corrected chi connectivity index (χ0v) is 13.9. The number of rotatable bonds is 3. The molecular formula is C17H25N3O3. The second-order valence-corrected chi connectivity index (χ2v) is 6.23. The molecule has 0 aromatic carbocycles. The highest BCUT2D eigenvalue weighted by Crippen LogP contribution is 2.17. The van der Waals surface area contributed by atoms with E-state index in [0.717, 1.165) is 30.3 Å². The fourth-order valence-electron chi connectivity index (χ4n) is 2.97. The maximum atomic E-state index is 12.1. The van der Waals surface area contributed by atoms with Crippen molar-refractivity contribution in [3.8, 4) is 0 Å². The molecule has 1 aliphatic rings. The van der Waals surface area contributed by atoms with Gasteiger partial charge < -0.3 is 9.88 Å². The summed E-state index contributed by atoms with van der Waals surface area (Å²) in [6.45, 7) is 0. The van der Waals surface area contributed by atoms with E-state index >= 15 is 0 Å². The van der Waals surface area contributed by atoms with Crippen LogP contribution in [-0.4, -0.2) is 21.1 Å². The van der Waals surface area contributed by atoms with Gasteiger partial charge in [0.2, 0.25) is 5.91 Å². The van der Waals surface area contributed by atoms with Gasteiger partial charge in [0.15, 0.2) is 0 Å². The van der Waals surface area contributed by atoms with Crippen molar-refractivity contribution in [2.45, 2.75) is 51.0 Å². The van der Waals surface area contributed by atoms with Crippen LogP contribution in [0.1, 0.15) is 50.5 Å². The van der Waals surface area contributed by atoms with Crippen molar-refractivity contribution >= 4 is 12.0 Å². The number of carbonyl (C=O) groups excluding carboxylic acids is 1. The standard InChI is InChI=1S/C17H25N3O3/c1-19-12-13(16(22)20(2)17(19)23)10-11-15(21)18-14-8-6-4-3-5-7-9-14/h10-12,14H,3-9H2,1-2H3,(H,18,21)/b11-10+. The Morgan fingerprint density at radius 2 is 1.74 bits per heavy atom. The number of aromatic nitrogens is 2. The molecule has 6 heteroatoms. The van der Waals surface area contributed by atoms with Crippen LogP contribution in [0.2, 0.25) is 0 Å². The molecule has 0 unspecified atom stereocenters. The van der Waals surface area contributed by atoms with Crippen molar-refractivity contribution in [3.63, 3.8) is 0 Å². The molecule has 1 aromatic heterocycles. The van der Waals surface area contributed by atoms with Crippen molar-refractivity contribution in [2.24, 2.45) is 14.1 Å². The number of nitrogens with zero attached hydrogens (tertiary/aromatic N) is 2. The summed E-state index contributed by atoms with van der Waals surface area (Å²) in [7, 11) is 3.00. The molecule has 1 aliphatic carbocycles. The molecule has 1 saturated carbocycles. The smallest absolute Gasteiger partial charge is 0.330 e. The molecule has 6 nitrogen and oxygen atoms in total. The van der Waals surface area contributed by atoms with Gasteiger partial charge in [0.05, 0.1) is 5.56 Å². The Hall–Kier alpha value is -2.11. The summed E-state index contributed by atoms with van der Waals surface area (Å²) >= 11 is 0. The fourth-order valence-corrected chi connectivity index (χ4v) is 2.97. The lowest BCUT2D eigenvalue weighted by atomic mass is 9.97. The van der Waals surface area contributed by atoms with Gasteiger partial charge in [0.1, 0.15) is 0 Å². The minimum absolute atomic E-state index is 0.188. The summed E-state index contributed by atoms with van der Waals surface area (Å²) in [6, 6.07) is 0.218. The van der Waals surface area contributed by atoms with Gasteiger partial charge in [-0.3, -0.25) is 14.2 Å². The Labute approximate surface area is 135 Å². The number of carbonyl (C=O) groups is 1. The predicted molar refractivity (Wildman–Crippen MR) is 90.2 cm³/mol. The third-order valence-corrected chi connectivity index (χ3v) is 4.34. The van der Waals surface area contributed by atoms with E-state index < -0.39 is 5.56 Å². The molecule has 2 rings (SSSR count). The maximum absolute atomic E-state index is 12.1. The number of hydrogen-bond acceptors (Lipinski definition) is 3. The molecule has 0 saturated heterocycles. The van der Waals surface area contributed by atoms with E-state index in [4.69, 9.17) is 0 Å². The van der Waals surface area contributed by atoms with E-state index in [1.807, 2.05) is 0 Å². The normalized spacial score (nSPS) is 17.0. The first kappa shape index (κ1) is 17.2. The van der Waals surface area contributed by atoms with E-state index in [1.165, 1.54) is 49.2 Å². The summed E-state index contributed by atoms with van der Waals surface area (Å²) in [5, 5.41) is 3.01. The van der Waals surface area contributed by atoms with Crippen LogP contribution in [0.25, 0.3) is 6.08 Å². The number of amides is 1. The lowest BCUT2D eigenvalue weighted by molar-refractivity contribution is -0.117. The monoisotopic (exact) mass is 319 g/mol. The number of nitrogens with one attached hydrogen (secondary N) is 1. The molecule has 0 spiro atoms. The topological polar surface area (TPSA) is 73.1 Å². The van der Waals surface area contributed by atoms with E-state index in [2.05, 4.69) is 5.32 Å². The first-order chi connectivity index (χ1) is 11.0. The Morgan fingerprint density at radius 3 is 2.39 bits per heavy atom. The molecule has 0 radical (unpaired) electrons. The largest absolute Gasteiger partial charge is 0.350 e. The first-order valence-electron chi connectivity index (χ1n) is 8.24. The Kier molecular flexibility index (Phi) is 5.96. The Balaban J connectivity index is 2.03. The zero-order valence-electron chi connectivity index (χ0n) is 13.9. The molecule has 1 aromatic rings. The van der Waals surface area contributed by atoms with Gasteiger partial charge in [-0.1, -0.05) is 32.1 Å². The van der Waals surface area contributed by atoms with Gasteiger partial charge in [-0.2, -0.15) is 0 Å².